The fourth-order valence-electron chi connectivity index (χ4n) is 1.61. The Labute approximate surface area is 110 Å². The lowest BCUT2D eigenvalue weighted by atomic mass is 10.0. The van der Waals surface area contributed by atoms with Crippen molar-refractivity contribution in [2.24, 2.45) is 5.92 Å². The zero-order valence-corrected chi connectivity index (χ0v) is 11.1. The number of methoxy groups -OCH3 is 1. The highest BCUT2D eigenvalue weighted by Gasteiger charge is 2.41. The van der Waals surface area contributed by atoms with Crippen LogP contribution in [0.5, 0.6) is 0 Å². The maximum Gasteiger partial charge on any atom is 0.311 e. The average Bonchev–Trinajstić information content (AvgIpc) is 2.27. The van der Waals surface area contributed by atoms with Gasteiger partial charge in [-0.1, -0.05) is 11.6 Å². The average molecular weight is 291 g/mol. The Kier molecular flexibility index (Phi) is 3.56. The van der Waals surface area contributed by atoms with Crippen LogP contribution in [0.15, 0.2) is 23.2 Å². The van der Waals surface area contributed by atoms with E-state index >= 15 is 0 Å². The molecule has 1 fully saturated rings. The summed E-state index contributed by atoms with van der Waals surface area (Å²) in [5.74, 6) is -0.777. The lowest BCUT2D eigenvalue weighted by Gasteiger charge is -2.35. The van der Waals surface area contributed by atoms with Crippen LogP contribution in [0.2, 0.25) is 5.15 Å². The molecule has 1 aromatic heterocycles. The van der Waals surface area contributed by atoms with Crippen LogP contribution in [0.4, 0.5) is 0 Å². The number of halogens is 1. The van der Waals surface area contributed by atoms with Crippen molar-refractivity contribution in [3.05, 3.63) is 23.5 Å². The van der Waals surface area contributed by atoms with Crippen molar-refractivity contribution >= 4 is 27.6 Å². The quantitative estimate of drug-likeness (QED) is 0.599. The summed E-state index contributed by atoms with van der Waals surface area (Å²) in [6.45, 7) is 0.273. The van der Waals surface area contributed by atoms with Crippen LogP contribution >= 0.6 is 11.6 Å². The molecule has 0 saturated carbocycles. The first-order valence-electron chi connectivity index (χ1n) is 5.14. The second-order valence-corrected chi connectivity index (χ2v) is 6.18. The molecule has 2 rings (SSSR count). The number of esters is 1. The Morgan fingerprint density at radius 3 is 2.67 bits per heavy atom. The highest BCUT2D eigenvalue weighted by molar-refractivity contribution is 7.89. The van der Waals surface area contributed by atoms with Gasteiger partial charge in [-0.3, -0.25) is 4.79 Å². The third-order valence-corrected chi connectivity index (χ3v) is 4.76. The van der Waals surface area contributed by atoms with Crippen molar-refractivity contribution < 1.29 is 17.9 Å². The van der Waals surface area contributed by atoms with E-state index in [1.54, 1.807) is 0 Å². The van der Waals surface area contributed by atoms with Gasteiger partial charge in [0.2, 0.25) is 10.0 Å². The van der Waals surface area contributed by atoms with Crippen molar-refractivity contribution in [3.63, 3.8) is 0 Å². The summed E-state index contributed by atoms with van der Waals surface area (Å²) in [5, 5.41) is 0.227. The van der Waals surface area contributed by atoms with Crippen LogP contribution < -0.4 is 0 Å². The molecule has 98 valence electrons. The second-order valence-electron chi connectivity index (χ2n) is 3.86. The molecular weight excluding hydrogens is 280 g/mol. The lowest BCUT2D eigenvalue weighted by molar-refractivity contribution is -0.149. The van der Waals surface area contributed by atoms with Gasteiger partial charge in [0.25, 0.3) is 0 Å². The Hall–Kier alpha value is -1.18. The Bertz CT molecular complexity index is 552. The molecule has 6 nitrogen and oxygen atoms in total. The van der Waals surface area contributed by atoms with E-state index in [4.69, 9.17) is 11.6 Å². The van der Waals surface area contributed by atoms with Crippen LogP contribution in [0.25, 0.3) is 0 Å². The van der Waals surface area contributed by atoms with Gasteiger partial charge in [0.1, 0.15) is 10.0 Å². The number of hydrogen-bond donors (Lipinski definition) is 0. The minimum absolute atomic E-state index is 0.0650. The van der Waals surface area contributed by atoms with Gasteiger partial charge >= 0.3 is 5.97 Å². The number of carbonyl (C=O) groups is 1. The smallest absolute Gasteiger partial charge is 0.311 e. The topological polar surface area (TPSA) is 76.6 Å². The Balaban J connectivity index is 2.10. The van der Waals surface area contributed by atoms with E-state index in [9.17, 15) is 13.2 Å². The van der Waals surface area contributed by atoms with Gasteiger partial charge in [-0.2, -0.15) is 4.31 Å². The van der Waals surface area contributed by atoms with Crippen LogP contribution in [0.3, 0.4) is 0 Å². The van der Waals surface area contributed by atoms with Crippen molar-refractivity contribution in [3.8, 4) is 0 Å². The molecule has 18 heavy (non-hydrogen) atoms. The molecule has 0 unspecified atom stereocenters. The van der Waals surface area contributed by atoms with Crippen molar-refractivity contribution in [1.29, 1.82) is 0 Å². The highest BCUT2D eigenvalue weighted by atomic mass is 35.5. The standard InChI is InChI=1S/C10H11ClN2O4S/c1-17-10(14)7-5-13(6-7)18(15,16)8-2-3-9(11)12-4-8/h2-4,7H,5-6H2,1H3. The molecule has 2 heterocycles. The molecule has 1 aliphatic rings. The maximum atomic E-state index is 12.1. The molecule has 0 aliphatic carbocycles. The fraction of sp³-hybridized carbons (Fsp3) is 0.400. The van der Waals surface area contributed by atoms with Gasteiger partial charge in [-0.25, -0.2) is 13.4 Å². The minimum Gasteiger partial charge on any atom is -0.469 e. The Morgan fingerprint density at radius 1 is 1.50 bits per heavy atom. The van der Waals surface area contributed by atoms with Gasteiger partial charge in [-0.15, -0.1) is 0 Å². The van der Waals surface area contributed by atoms with Gasteiger partial charge in [0, 0.05) is 19.3 Å². The number of nitrogens with zero attached hydrogens (tertiary/aromatic N) is 2. The van der Waals surface area contributed by atoms with Gasteiger partial charge in [0.05, 0.1) is 13.0 Å². The Morgan fingerprint density at radius 2 is 2.17 bits per heavy atom. The molecule has 0 N–H and O–H groups in total. The predicted molar refractivity (Wildman–Crippen MR) is 63.5 cm³/mol. The summed E-state index contributed by atoms with van der Waals surface area (Å²) in [6, 6.07) is 2.79. The van der Waals surface area contributed by atoms with Crippen LogP contribution in [0, 0.1) is 5.92 Å². The molecule has 0 atom stereocenters. The third kappa shape index (κ3) is 2.33. The first-order chi connectivity index (χ1) is 8.45. The molecule has 0 spiro atoms. The monoisotopic (exact) mass is 290 g/mol. The zero-order valence-electron chi connectivity index (χ0n) is 9.54. The summed E-state index contributed by atoms with van der Waals surface area (Å²) in [7, 11) is -2.31. The summed E-state index contributed by atoms with van der Waals surface area (Å²) < 4.78 is 29.9. The SMILES string of the molecule is COC(=O)C1CN(S(=O)(=O)c2ccc(Cl)nc2)C1. The molecule has 0 amide bonds. The van der Waals surface area contributed by atoms with Crippen LogP contribution in [0.1, 0.15) is 0 Å². The molecular formula is C10H11ClN2O4S. The van der Waals surface area contributed by atoms with Crippen LogP contribution in [-0.4, -0.2) is 43.9 Å². The summed E-state index contributed by atoms with van der Waals surface area (Å²) in [4.78, 5) is 15.0. The van der Waals surface area contributed by atoms with E-state index in [1.807, 2.05) is 0 Å². The largest absolute Gasteiger partial charge is 0.469 e. The number of pyridine rings is 1. The number of hydrogen-bond acceptors (Lipinski definition) is 5. The molecule has 0 radical (unpaired) electrons. The predicted octanol–water partition coefficient (Wildman–Crippen LogP) is 0.528. The summed E-state index contributed by atoms with van der Waals surface area (Å²) in [5.41, 5.74) is 0. The summed E-state index contributed by atoms with van der Waals surface area (Å²) >= 11 is 5.59. The summed E-state index contributed by atoms with van der Waals surface area (Å²) in [6.07, 6.45) is 1.20. The molecule has 0 aromatic carbocycles. The molecule has 1 saturated heterocycles. The van der Waals surface area contributed by atoms with E-state index in [1.165, 1.54) is 29.7 Å². The number of carbonyl (C=O) groups excluding carboxylic acids is 1. The van der Waals surface area contributed by atoms with Gasteiger partial charge in [0.15, 0.2) is 0 Å². The highest BCUT2D eigenvalue weighted by Crippen LogP contribution is 2.25. The maximum absolute atomic E-state index is 12.1. The van der Waals surface area contributed by atoms with Crippen molar-refractivity contribution in [2.75, 3.05) is 20.2 Å². The second kappa shape index (κ2) is 4.83. The van der Waals surface area contributed by atoms with E-state index in [2.05, 4.69) is 9.72 Å². The van der Waals surface area contributed by atoms with Gasteiger partial charge < -0.3 is 4.74 Å². The van der Waals surface area contributed by atoms with Crippen molar-refractivity contribution in [2.45, 2.75) is 4.90 Å². The number of aromatic nitrogens is 1. The number of sulfonamides is 1. The minimum atomic E-state index is -3.59. The molecule has 8 heteroatoms. The first kappa shape index (κ1) is 13.3. The van der Waals surface area contributed by atoms with E-state index < -0.39 is 16.0 Å². The zero-order chi connectivity index (χ0) is 13.3. The van der Waals surface area contributed by atoms with E-state index in [0.717, 1.165) is 0 Å². The third-order valence-electron chi connectivity index (χ3n) is 2.72. The number of rotatable bonds is 3. The fourth-order valence-corrected chi connectivity index (χ4v) is 3.20. The lowest BCUT2D eigenvalue weighted by Crippen LogP contribution is -2.53. The van der Waals surface area contributed by atoms with E-state index in [0.29, 0.717) is 0 Å². The van der Waals surface area contributed by atoms with Crippen LogP contribution in [-0.2, 0) is 19.6 Å². The molecule has 1 aliphatic heterocycles. The van der Waals surface area contributed by atoms with E-state index in [-0.39, 0.29) is 29.1 Å². The normalized spacial score (nSPS) is 17.2. The van der Waals surface area contributed by atoms with Crippen molar-refractivity contribution in [1.82, 2.24) is 9.29 Å². The first-order valence-corrected chi connectivity index (χ1v) is 6.96. The molecule has 0 bridgehead atoms. The molecule has 1 aromatic rings. The number of ether oxygens (including phenoxy) is 1. The van der Waals surface area contributed by atoms with Gasteiger partial charge in [-0.05, 0) is 12.1 Å².